The molecule has 3 rings (SSSR count). The van der Waals surface area contributed by atoms with Crippen molar-refractivity contribution in [3.63, 3.8) is 0 Å². The maximum atomic E-state index is 11.4. The molecular formula is C14H13N3O2S. The van der Waals surface area contributed by atoms with Gasteiger partial charge in [-0.2, -0.15) is 0 Å². The molecule has 3 aromatic rings. The Bertz CT molecular complexity index is 748. The number of rotatable bonds is 4. The van der Waals surface area contributed by atoms with Gasteiger partial charge in [0.1, 0.15) is 6.61 Å². The predicted molar refractivity (Wildman–Crippen MR) is 79.9 cm³/mol. The minimum atomic E-state index is -0.202. The monoisotopic (exact) mass is 287 g/mol. The first-order valence-corrected chi connectivity index (χ1v) is 6.96. The number of carbonyl (C=O) groups is 1. The van der Waals surface area contributed by atoms with E-state index in [4.69, 9.17) is 4.74 Å². The summed E-state index contributed by atoms with van der Waals surface area (Å²) in [5.41, 5.74) is 2.95. The molecule has 0 aliphatic carbocycles. The van der Waals surface area contributed by atoms with Gasteiger partial charge in [0.15, 0.2) is 5.13 Å². The van der Waals surface area contributed by atoms with E-state index in [9.17, 15) is 4.79 Å². The highest BCUT2D eigenvalue weighted by Gasteiger charge is 2.11. The highest BCUT2D eigenvalue weighted by atomic mass is 32.1. The Kier molecular flexibility index (Phi) is 3.49. The summed E-state index contributed by atoms with van der Waals surface area (Å²) in [6.45, 7) is 0.0298. The number of benzene rings is 1. The van der Waals surface area contributed by atoms with E-state index in [1.165, 1.54) is 18.4 Å². The third kappa shape index (κ3) is 2.43. The van der Waals surface area contributed by atoms with Crippen LogP contribution >= 0.6 is 11.3 Å². The lowest BCUT2D eigenvalue weighted by Crippen LogP contribution is -2.16. The summed E-state index contributed by atoms with van der Waals surface area (Å²) in [5.74, 6) is -0.202. The van der Waals surface area contributed by atoms with Gasteiger partial charge in [-0.3, -0.25) is 10.1 Å². The van der Waals surface area contributed by atoms with E-state index in [2.05, 4.69) is 15.3 Å². The topological polar surface area (TPSA) is 67.0 Å². The molecule has 1 aromatic carbocycles. The molecule has 102 valence electrons. The summed E-state index contributed by atoms with van der Waals surface area (Å²) >= 11 is 1.40. The van der Waals surface area contributed by atoms with Crippen molar-refractivity contribution in [2.75, 3.05) is 19.0 Å². The Balaban J connectivity index is 1.88. The van der Waals surface area contributed by atoms with Gasteiger partial charge in [-0.15, -0.1) is 11.3 Å². The van der Waals surface area contributed by atoms with Crippen LogP contribution in [0.2, 0.25) is 0 Å². The predicted octanol–water partition coefficient (Wildman–Crippen LogP) is 2.88. The van der Waals surface area contributed by atoms with E-state index in [1.54, 1.807) is 0 Å². The van der Waals surface area contributed by atoms with Crippen LogP contribution in [0.5, 0.6) is 0 Å². The molecule has 0 fully saturated rings. The van der Waals surface area contributed by atoms with Crippen LogP contribution < -0.4 is 5.32 Å². The maximum Gasteiger partial charge on any atom is 0.252 e. The van der Waals surface area contributed by atoms with Crippen LogP contribution in [0, 0.1) is 0 Å². The van der Waals surface area contributed by atoms with Gasteiger partial charge in [-0.1, -0.05) is 18.2 Å². The number of carbonyl (C=O) groups excluding carboxylic acids is 1. The smallest absolute Gasteiger partial charge is 0.252 e. The van der Waals surface area contributed by atoms with Gasteiger partial charge in [0.05, 0.1) is 5.69 Å². The van der Waals surface area contributed by atoms with E-state index >= 15 is 0 Å². The number of methoxy groups -OCH3 is 1. The van der Waals surface area contributed by atoms with Crippen molar-refractivity contribution in [2.45, 2.75) is 0 Å². The number of amides is 1. The average Bonchev–Trinajstić information content (AvgIpc) is 3.05. The number of ether oxygens (including phenoxy) is 1. The van der Waals surface area contributed by atoms with E-state index < -0.39 is 0 Å². The van der Waals surface area contributed by atoms with Crippen LogP contribution in [0.1, 0.15) is 0 Å². The fraction of sp³-hybridized carbons (Fsp3) is 0.143. The molecule has 6 heteroatoms. The molecule has 2 aromatic heterocycles. The Labute approximate surface area is 119 Å². The summed E-state index contributed by atoms with van der Waals surface area (Å²) in [5, 5.41) is 6.33. The number of aromatic nitrogens is 2. The molecule has 0 spiro atoms. The van der Waals surface area contributed by atoms with Gasteiger partial charge in [0.25, 0.3) is 5.91 Å². The summed E-state index contributed by atoms with van der Waals surface area (Å²) in [4.78, 5) is 19.1. The van der Waals surface area contributed by atoms with Crippen molar-refractivity contribution in [1.29, 1.82) is 0 Å². The van der Waals surface area contributed by atoms with Crippen molar-refractivity contribution in [3.05, 3.63) is 35.8 Å². The molecule has 0 unspecified atom stereocenters. The van der Waals surface area contributed by atoms with Crippen LogP contribution in [-0.4, -0.2) is 29.6 Å². The fourth-order valence-corrected chi connectivity index (χ4v) is 2.75. The van der Waals surface area contributed by atoms with Gasteiger partial charge >= 0.3 is 0 Å². The summed E-state index contributed by atoms with van der Waals surface area (Å²) < 4.78 is 4.77. The molecule has 0 aliphatic heterocycles. The normalized spacial score (nSPS) is 10.8. The number of nitrogens with one attached hydrogen (secondary N) is 2. The van der Waals surface area contributed by atoms with Crippen LogP contribution in [0.3, 0.4) is 0 Å². The lowest BCUT2D eigenvalue weighted by molar-refractivity contribution is -0.119. The number of aromatic amines is 1. The molecule has 2 N–H and O–H groups in total. The van der Waals surface area contributed by atoms with Crippen LogP contribution in [0.25, 0.3) is 22.2 Å². The number of thiazole rings is 1. The molecule has 20 heavy (non-hydrogen) atoms. The number of anilines is 1. The van der Waals surface area contributed by atoms with Gasteiger partial charge in [-0.05, 0) is 6.07 Å². The van der Waals surface area contributed by atoms with Crippen molar-refractivity contribution < 1.29 is 9.53 Å². The molecule has 0 radical (unpaired) electrons. The Morgan fingerprint density at radius 1 is 1.45 bits per heavy atom. The fourth-order valence-electron chi connectivity index (χ4n) is 2.02. The van der Waals surface area contributed by atoms with Gasteiger partial charge in [0.2, 0.25) is 0 Å². The first-order valence-electron chi connectivity index (χ1n) is 6.09. The summed E-state index contributed by atoms with van der Waals surface area (Å²) in [6, 6.07) is 8.05. The van der Waals surface area contributed by atoms with Crippen molar-refractivity contribution in [1.82, 2.24) is 9.97 Å². The zero-order valence-corrected chi connectivity index (χ0v) is 11.7. The summed E-state index contributed by atoms with van der Waals surface area (Å²) in [6.07, 6.45) is 1.93. The van der Waals surface area contributed by atoms with Gasteiger partial charge < -0.3 is 9.72 Å². The zero-order valence-electron chi connectivity index (χ0n) is 10.8. The third-order valence-corrected chi connectivity index (χ3v) is 3.65. The maximum absolute atomic E-state index is 11.4. The van der Waals surface area contributed by atoms with E-state index in [0.717, 1.165) is 22.2 Å². The summed E-state index contributed by atoms with van der Waals surface area (Å²) in [7, 11) is 1.48. The number of hydrogen-bond donors (Lipinski definition) is 2. The average molecular weight is 287 g/mol. The van der Waals surface area contributed by atoms with Crippen LogP contribution in [0.15, 0.2) is 35.8 Å². The highest BCUT2D eigenvalue weighted by molar-refractivity contribution is 7.14. The Hall–Kier alpha value is -2.18. The third-order valence-electron chi connectivity index (χ3n) is 2.89. The number of H-pyrrole nitrogens is 1. The van der Waals surface area contributed by atoms with Gasteiger partial charge in [0, 0.05) is 35.2 Å². The molecule has 0 aliphatic rings. The number of hydrogen-bond acceptors (Lipinski definition) is 4. The second-order valence-electron chi connectivity index (χ2n) is 4.27. The first kappa shape index (κ1) is 12.8. The second-order valence-corrected chi connectivity index (χ2v) is 5.13. The van der Waals surface area contributed by atoms with Crippen LogP contribution in [-0.2, 0) is 9.53 Å². The molecule has 2 heterocycles. The molecule has 1 amide bonds. The SMILES string of the molecule is COCC(=O)Nc1nc(-c2c[nH]c3ccccc23)cs1. The standard InChI is InChI=1S/C14H13N3O2S/c1-19-7-13(18)17-14-16-12(8-20-14)10-6-15-11-5-3-2-4-9(10)11/h2-6,8,15H,7H2,1H3,(H,16,17,18). The minimum absolute atomic E-state index is 0.0298. The van der Waals surface area contributed by atoms with Crippen LogP contribution in [0.4, 0.5) is 5.13 Å². The lowest BCUT2D eigenvalue weighted by Gasteiger charge is -1.99. The quantitative estimate of drug-likeness (QED) is 0.775. The highest BCUT2D eigenvalue weighted by Crippen LogP contribution is 2.30. The Morgan fingerprint density at radius 2 is 2.30 bits per heavy atom. The lowest BCUT2D eigenvalue weighted by atomic mass is 10.1. The minimum Gasteiger partial charge on any atom is -0.375 e. The van der Waals surface area contributed by atoms with Crippen molar-refractivity contribution in [2.24, 2.45) is 0 Å². The Morgan fingerprint density at radius 3 is 3.15 bits per heavy atom. The number of nitrogens with zero attached hydrogens (tertiary/aromatic N) is 1. The molecule has 0 saturated carbocycles. The first-order chi connectivity index (χ1) is 9.78. The van der Waals surface area contributed by atoms with E-state index in [1.807, 2.05) is 35.8 Å². The van der Waals surface area contributed by atoms with E-state index in [0.29, 0.717) is 5.13 Å². The number of fused-ring (bicyclic) bond motifs is 1. The molecule has 0 bridgehead atoms. The largest absolute Gasteiger partial charge is 0.375 e. The second kappa shape index (κ2) is 5.44. The number of para-hydroxylation sites is 1. The molecular weight excluding hydrogens is 274 g/mol. The van der Waals surface area contributed by atoms with Crippen molar-refractivity contribution >= 4 is 33.3 Å². The molecule has 5 nitrogen and oxygen atoms in total. The zero-order chi connectivity index (χ0) is 13.9. The van der Waals surface area contributed by atoms with Gasteiger partial charge in [-0.25, -0.2) is 4.98 Å². The van der Waals surface area contributed by atoms with Crippen molar-refractivity contribution in [3.8, 4) is 11.3 Å². The van der Waals surface area contributed by atoms with E-state index in [-0.39, 0.29) is 12.5 Å². The molecule has 0 atom stereocenters. The molecule has 0 saturated heterocycles.